The first kappa shape index (κ1) is 33.1. The van der Waals surface area contributed by atoms with Gasteiger partial charge in [-0.1, -0.05) is 62.4 Å². The molecule has 42 heavy (non-hydrogen) atoms. The molecule has 0 aliphatic heterocycles. The van der Waals surface area contributed by atoms with Gasteiger partial charge in [-0.25, -0.2) is 8.70 Å². The van der Waals surface area contributed by atoms with Gasteiger partial charge in [0, 0.05) is 30.2 Å². The average Bonchev–Trinajstić information content (AvgIpc) is 3.15. The SMILES string of the molecule is CC(C)CN(CC(O)C(Cc1ccccc1)NC(=O)CNC(=O)CNCc1cccc(F)c1)SC1=CC=C(N)C=CC1. The molecule has 3 rings (SSSR count). The number of nitrogens with zero attached hydrogens (tertiary/aromatic N) is 1. The number of aliphatic hydroxyl groups is 1. The van der Waals surface area contributed by atoms with Crippen LogP contribution in [0.15, 0.2) is 89.5 Å². The minimum Gasteiger partial charge on any atom is -0.399 e. The summed E-state index contributed by atoms with van der Waals surface area (Å²) in [5.41, 5.74) is 8.32. The highest BCUT2D eigenvalue weighted by Crippen LogP contribution is 2.28. The zero-order valence-corrected chi connectivity index (χ0v) is 25.1. The van der Waals surface area contributed by atoms with Crippen molar-refractivity contribution in [1.82, 2.24) is 20.3 Å². The topological polar surface area (TPSA) is 120 Å². The van der Waals surface area contributed by atoms with E-state index in [1.807, 2.05) is 54.6 Å². The number of hydrogen-bond acceptors (Lipinski definition) is 7. The lowest BCUT2D eigenvalue weighted by atomic mass is 10.0. The van der Waals surface area contributed by atoms with Crippen LogP contribution < -0.4 is 21.7 Å². The summed E-state index contributed by atoms with van der Waals surface area (Å²) < 4.78 is 15.5. The average molecular weight is 596 g/mol. The normalized spacial score (nSPS) is 14.6. The van der Waals surface area contributed by atoms with Crippen molar-refractivity contribution in [2.75, 3.05) is 26.2 Å². The van der Waals surface area contributed by atoms with E-state index in [9.17, 15) is 19.1 Å². The molecule has 0 spiro atoms. The molecule has 6 N–H and O–H groups in total. The lowest BCUT2D eigenvalue weighted by molar-refractivity contribution is -0.126. The summed E-state index contributed by atoms with van der Waals surface area (Å²) in [6.45, 7) is 5.40. The maximum Gasteiger partial charge on any atom is 0.239 e. The molecule has 226 valence electrons. The molecule has 2 aromatic carbocycles. The molecule has 1 aliphatic carbocycles. The van der Waals surface area contributed by atoms with Crippen LogP contribution in [0.1, 0.15) is 31.4 Å². The van der Waals surface area contributed by atoms with E-state index < -0.39 is 18.1 Å². The molecule has 0 radical (unpaired) electrons. The quantitative estimate of drug-likeness (QED) is 0.189. The van der Waals surface area contributed by atoms with Crippen LogP contribution >= 0.6 is 11.9 Å². The molecule has 2 aromatic rings. The van der Waals surface area contributed by atoms with Crippen LogP contribution in [0.3, 0.4) is 0 Å². The number of hydrogen-bond donors (Lipinski definition) is 5. The zero-order valence-electron chi connectivity index (χ0n) is 24.3. The Hall–Kier alpha value is -3.44. The van der Waals surface area contributed by atoms with Crippen LogP contribution in [0.25, 0.3) is 0 Å². The van der Waals surface area contributed by atoms with Crippen molar-refractivity contribution in [1.29, 1.82) is 0 Å². The molecule has 0 fully saturated rings. The standard InChI is InChI=1S/C32H42FN5O3S/c1-23(2)21-38(42-28-13-7-12-27(34)14-15-28)22-30(39)29(17-24-8-4-3-5-9-24)37-32(41)20-36-31(40)19-35-18-25-10-6-11-26(33)16-25/h3-12,14-16,23,29-30,35,39H,13,17-22,34H2,1-2H3,(H,36,40)(H,37,41). The molecule has 0 saturated heterocycles. The number of halogens is 1. The first-order valence-corrected chi connectivity index (χ1v) is 14.9. The van der Waals surface area contributed by atoms with E-state index in [-0.39, 0.29) is 24.8 Å². The summed E-state index contributed by atoms with van der Waals surface area (Å²) in [5.74, 6) is -0.732. The first-order valence-electron chi connectivity index (χ1n) is 14.2. The Bertz CT molecular complexity index is 1250. The molecule has 2 amide bonds. The highest BCUT2D eigenvalue weighted by atomic mass is 32.2. The van der Waals surface area contributed by atoms with E-state index >= 15 is 0 Å². The third-order valence-corrected chi connectivity index (χ3v) is 7.45. The number of carbonyl (C=O) groups excluding carboxylic acids is 2. The molecule has 0 bridgehead atoms. The van der Waals surface area contributed by atoms with E-state index in [0.717, 1.165) is 29.0 Å². The maximum atomic E-state index is 13.3. The number of nitrogens with one attached hydrogen (secondary N) is 3. The summed E-state index contributed by atoms with van der Waals surface area (Å²) in [5, 5.41) is 19.9. The zero-order chi connectivity index (χ0) is 30.3. The minimum absolute atomic E-state index is 0.0207. The number of nitrogens with two attached hydrogens (primary N) is 1. The summed E-state index contributed by atoms with van der Waals surface area (Å²) in [6.07, 6.45) is 8.08. The summed E-state index contributed by atoms with van der Waals surface area (Å²) in [7, 11) is 0. The molecule has 8 nitrogen and oxygen atoms in total. The Balaban J connectivity index is 1.58. The van der Waals surface area contributed by atoms with Gasteiger partial charge < -0.3 is 26.8 Å². The second kappa shape index (κ2) is 17.5. The van der Waals surface area contributed by atoms with Crippen LogP contribution in [0, 0.1) is 11.7 Å². The summed E-state index contributed by atoms with van der Waals surface area (Å²) in [6, 6.07) is 15.2. The largest absolute Gasteiger partial charge is 0.399 e. The Morgan fingerprint density at radius 1 is 1.02 bits per heavy atom. The van der Waals surface area contributed by atoms with Gasteiger partial charge in [-0.3, -0.25) is 9.59 Å². The molecule has 0 saturated carbocycles. The van der Waals surface area contributed by atoms with Crippen molar-refractivity contribution in [3.8, 4) is 0 Å². The molecular formula is C32H42FN5O3S. The third kappa shape index (κ3) is 12.6. The van der Waals surface area contributed by atoms with Crippen molar-refractivity contribution in [3.05, 3.63) is 106 Å². The number of amides is 2. The van der Waals surface area contributed by atoms with Crippen LogP contribution in [0.2, 0.25) is 0 Å². The fraction of sp³-hybridized carbons (Fsp3) is 0.375. The number of carbonyl (C=O) groups is 2. The van der Waals surface area contributed by atoms with Crippen molar-refractivity contribution < 1.29 is 19.1 Å². The predicted octanol–water partition coefficient (Wildman–Crippen LogP) is 3.41. The van der Waals surface area contributed by atoms with E-state index in [0.29, 0.717) is 31.1 Å². The van der Waals surface area contributed by atoms with Crippen LogP contribution in [-0.2, 0) is 22.6 Å². The second-order valence-electron chi connectivity index (χ2n) is 10.7. The second-order valence-corrected chi connectivity index (χ2v) is 11.9. The molecule has 1 aliphatic rings. The molecular weight excluding hydrogens is 553 g/mol. The van der Waals surface area contributed by atoms with Gasteiger partial charge in [0.25, 0.3) is 0 Å². The maximum absolute atomic E-state index is 13.3. The van der Waals surface area contributed by atoms with E-state index in [1.54, 1.807) is 24.1 Å². The van der Waals surface area contributed by atoms with Gasteiger partial charge in [0.15, 0.2) is 0 Å². The smallest absolute Gasteiger partial charge is 0.239 e. The molecule has 10 heteroatoms. The molecule has 0 heterocycles. The van der Waals surface area contributed by atoms with Crippen molar-refractivity contribution in [2.24, 2.45) is 11.7 Å². The van der Waals surface area contributed by atoms with Crippen molar-refractivity contribution in [3.63, 3.8) is 0 Å². The lowest BCUT2D eigenvalue weighted by Gasteiger charge is -2.31. The van der Waals surface area contributed by atoms with Crippen molar-refractivity contribution >= 4 is 23.8 Å². The van der Waals surface area contributed by atoms with E-state index in [2.05, 4.69) is 34.1 Å². The Morgan fingerprint density at radius 3 is 2.52 bits per heavy atom. The third-order valence-electron chi connectivity index (χ3n) is 6.36. The van der Waals surface area contributed by atoms with Gasteiger partial charge in [-0.15, -0.1) is 0 Å². The number of rotatable bonds is 16. The van der Waals surface area contributed by atoms with Crippen LogP contribution in [0.5, 0.6) is 0 Å². The number of aliphatic hydroxyl groups excluding tert-OH is 1. The number of allylic oxidation sites excluding steroid dienone is 5. The van der Waals surface area contributed by atoms with Crippen LogP contribution in [-0.4, -0.2) is 59.6 Å². The molecule has 0 aromatic heterocycles. The minimum atomic E-state index is -0.869. The lowest BCUT2D eigenvalue weighted by Crippen LogP contribution is -2.51. The number of benzene rings is 2. The van der Waals surface area contributed by atoms with Gasteiger partial charge in [0.2, 0.25) is 11.8 Å². The Labute approximate surface area is 252 Å². The Kier molecular flexibility index (Phi) is 13.8. The van der Waals surface area contributed by atoms with Gasteiger partial charge in [0.1, 0.15) is 5.82 Å². The fourth-order valence-electron chi connectivity index (χ4n) is 4.37. The highest BCUT2D eigenvalue weighted by Gasteiger charge is 2.25. The first-order chi connectivity index (χ1) is 20.2. The summed E-state index contributed by atoms with van der Waals surface area (Å²) >= 11 is 1.59. The van der Waals surface area contributed by atoms with Gasteiger partial charge in [-0.2, -0.15) is 0 Å². The van der Waals surface area contributed by atoms with Gasteiger partial charge >= 0.3 is 0 Å². The van der Waals surface area contributed by atoms with Crippen molar-refractivity contribution in [2.45, 2.75) is 45.4 Å². The predicted molar refractivity (Wildman–Crippen MR) is 167 cm³/mol. The monoisotopic (exact) mass is 595 g/mol. The Morgan fingerprint density at radius 2 is 1.79 bits per heavy atom. The van der Waals surface area contributed by atoms with Gasteiger partial charge in [0.05, 0.1) is 25.2 Å². The van der Waals surface area contributed by atoms with Crippen LogP contribution in [0.4, 0.5) is 4.39 Å². The fourth-order valence-corrected chi connectivity index (χ4v) is 5.60. The van der Waals surface area contributed by atoms with E-state index in [1.165, 1.54) is 12.1 Å². The van der Waals surface area contributed by atoms with Gasteiger partial charge in [-0.05, 0) is 72.2 Å². The highest BCUT2D eigenvalue weighted by molar-refractivity contribution is 8.00. The van der Waals surface area contributed by atoms with E-state index in [4.69, 9.17) is 5.73 Å². The molecule has 2 unspecified atom stereocenters. The summed E-state index contributed by atoms with van der Waals surface area (Å²) in [4.78, 5) is 26.3. The molecule has 2 atom stereocenters.